The lowest BCUT2D eigenvalue weighted by molar-refractivity contribution is -0.161. The zero-order valence-corrected chi connectivity index (χ0v) is 24.5. The van der Waals surface area contributed by atoms with E-state index in [1.54, 1.807) is 64.6 Å². The Bertz CT molecular complexity index is 1220. The molecular weight excluding hydrogens is 527 g/mol. The van der Waals surface area contributed by atoms with Gasteiger partial charge in [-0.15, -0.1) is 6.58 Å². The van der Waals surface area contributed by atoms with Crippen molar-refractivity contribution in [2.75, 3.05) is 37.3 Å². The Morgan fingerprint density at radius 2 is 1.64 bits per heavy atom. The summed E-state index contributed by atoms with van der Waals surface area (Å²) in [6.45, 7) is 15.2. The van der Waals surface area contributed by atoms with Crippen molar-refractivity contribution in [3.05, 3.63) is 30.6 Å². The van der Waals surface area contributed by atoms with Crippen LogP contribution in [0.1, 0.15) is 48.5 Å². The van der Waals surface area contributed by atoms with Crippen LogP contribution in [0.15, 0.2) is 30.6 Å². The van der Waals surface area contributed by atoms with Gasteiger partial charge in [-0.2, -0.15) is 9.97 Å². The first kappa shape index (κ1) is 31.9. The highest BCUT2D eigenvalue weighted by Gasteiger charge is 2.29. The fourth-order valence-corrected chi connectivity index (χ4v) is 4.11. The molecule has 0 aromatic carbocycles. The van der Waals surface area contributed by atoms with Gasteiger partial charge in [0.25, 0.3) is 0 Å². The molecule has 0 spiro atoms. The monoisotopic (exact) mass is 566 g/mol. The minimum Gasteiger partial charge on any atom is -0.438 e. The number of carbonyl (C=O) groups excluding carboxylic acids is 2. The number of rotatable bonds is 13. The Labute approximate surface area is 228 Å². The van der Waals surface area contributed by atoms with Crippen LogP contribution in [0, 0.1) is 10.8 Å². The van der Waals surface area contributed by atoms with Gasteiger partial charge in [0.1, 0.15) is 0 Å². The number of nitrogen functional groups attached to an aromatic ring is 1. The minimum atomic E-state index is -3.88. The summed E-state index contributed by atoms with van der Waals surface area (Å²) in [7, 11) is -3.88. The number of anilines is 2. The number of nitrogens with one attached hydrogen (secondary N) is 1. The fraction of sp³-hybridized carbons (Fsp3) is 0.560. The van der Waals surface area contributed by atoms with Crippen LogP contribution >= 0.6 is 7.60 Å². The highest BCUT2D eigenvalue weighted by Crippen LogP contribution is 2.48. The van der Waals surface area contributed by atoms with E-state index in [0.29, 0.717) is 30.1 Å². The van der Waals surface area contributed by atoms with Crippen molar-refractivity contribution in [3.63, 3.8) is 0 Å². The molecule has 0 bridgehead atoms. The molecule has 2 rings (SSSR count). The second kappa shape index (κ2) is 13.2. The zero-order valence-electron chi connectivity index (χ0n) is 23.6. The molecule has 2 heterocycles. The van der Waals surface area contributed by atoms with E-state index in [1.165, 1.54) is 0 Å². The molecule has 0 aliphatic heterocycles. The van der Waals surface area contributed by atoms with Gasteiger partial charge >= 0.3 is 19.5 Å². The molecule has 13 nitrogen and oxygen atoms in total. The largest absolute Gasteiger partial charge is 0.438 e. The van der Waals surface area contributed by atoms with E-state index in [2.05, 4.69) is 26.8 Å². The van der Waals surface area contributed by atoms with Crippen molar-refractivity contribution in [2.45, 2.75) is 55.0 Å². The SMILES string of the molecule is C=CCNc1nc(N)nc2c1ncn2C/C(C)=C/CP(=O)(OCOC(=O)C(C)(C)C)OCOC(=O)C(C)(C)C. The van der Waals surface area contributed by atoms with Crippen molar-refractivity contribution >= 4 is 42.5 Å². The van der Waals surface area contributed by atoms with Crippen LogP contribution in [0.3, 0.4) is 0 Å². The summed E-state index contributed by atoms with van der Waals surface area (Å²) in [6, 6.07) is 0. The van der Waals surface area contributed by atoms with E-state index in [1.807, 2.05) is 6.92 Å². The molecule has 39 heavy (non-hydrogen) atoms. The molecule has 0 atom stereocenters. The molecule has 0 fully saturated rings. The average Bonchev–Trinajstić information content (AvgIpc) is 3.22. The summed E-state index contributed by atoms with van der Waals surface area (Å²) in [5.41, 5.74) is 6.17. The first-order chi connectivity index (χ1) is 18.1. The third kappa shape index (κ3) is 9.76. The molecule has 0 amide bonds. The van der Waals surface area contributed by atoms with Crippen molar-refractivity contribution < 1.29 is 32.7 Å². The molecule has 0 saturated heterocycles. The molecule has 0 saturated carbocycles. The number of nitrogens with two attached hydrogens (primary N) is 1. The average molecular weight is 567 g/mol. The van der Waals surface area contributed by atoms with E-state index < -0.39 is 44.0 Å². The van der Waals surface area contributed by atoms with Gasteiger partial charge in [0, 0.05) is 13.1 Å². The smallest absolute Gasteiger partial charge is 0.340 e. The summed E-state index contributed by atoms with van der Waals surface area (Å²) in [5.74, 6) is -0.498. The van der Waals surface area contributed by atoms with Gasteiger partial charge in [0.15, 0.2) is 17.0 Å². The maximum Gasteiger partial charge on any atom is 0.340 e. The minimum absolute atomic E-state index is 0.0818. The summed E-state index contributed by atoms with van der Waals surface area (Å²) in [5, 5.41) is 3.08. The van der Waals surface area contributed by atoms with Crippen LogP contribution in [-0.2, 0) is 39.2 Å². The molecule has 0 aliphatic carbocycles. The number of imidazole rings is 1. The predicted molar refractivity (Wildman–Crippen MR) is 148 cm³/mol. The van der Waals surface area contributed by atoms with E-state index in [4.69, 9.17) is 24.3 Å². The lowest BCUT2D eigenvalue weighted by Crippen LogP contribution is -2.25. The normalized spacial score (nSPS) is 12.8. The number of allylic oxidation sites excluding steroid dienone is 2. The van der Waals surface area contributed by atoms with Crippen LogP contribution < -0.4 is 11.1 Å². The van der Waals surface area contributed by atoms with Gasteiger partial charge in [-0.05, 0) is 48.5 Å². The molecule has 2 aromatic rings. The van der Waals surface area contributed by atoms with Crippen LogP contribution in [0.2, 0.25) is 0 Å². The quantitative estimate of drug-likeness (QED) is 0.153. The van der Waals surface area contributed by atoms with Crippen molar-refractivity contribution in [1.29, 1.82) is 0 Å². The van der Waals surface area contributed by atoms with Gasteiger partial charge in [-0.1, -0.05) is 17.7 Å². The lowest BCUT2D eigenvalue weighted by atomic mass is 9.98. The summed E-state index contributed by atoms with van der Waals surface area (Å²) < 4.78 is 36.1. The van der Waals surface area contributed by atoms with E-state index in [0.717, 1.165) is 5.57 Å². The number of aromatic nitrogens is 4. The molecule has 14 heteroatoms. The Morgan fingerprint density at radius 3 is 2.15 bits per heavy atom. The number of fused-ring (bicyclic) bond motifs is 1. The predicted octanol–water partition coefficient (Wildman–Crippen LogP) is 4.27. The third-order valence-corrected chi connectivity index (χ3v) is 6.71. The van der Waals surface area contributed by atoms with Crippen LogP contribution in [0.5, 0.6) is 0 Å². The number of carbonyl (C=O) groups is 2. The van der Waals surface area contributed by atoms with Gasteiger partial charge in [-0.25, -0.2) is 4.98 Å². The third-order valence-electron chi connectivity index (χ3n) is 5.08. The topological polar surface area (TPSA) is 170 Å². The Morgan fingerprint density at radius 1 is 1.08 bits per heavy atom. The zero-order chi connectivity index (χ0) is 29.4. The fourth-order valence-electron chi connectivity index (χ4n) is 2.87. The Kier molecular flexibility index (Phi) is 10.8. The molecule has 0 aliphatic rings. The molecule has 3 N–H and O–H groups in total. The van der Waals surface area contributed by atoms with Gasteiger partial charge in [-0.3, -0.25) is 23.2 Å². The second-order valence-electron chi connectivity index (χ2n) is 10.8. The maximum absolute atomic E-state index is 13.4. The number of hydrogen-bond donors (Lipinski definition) is 2. The maximum atomic E-state index is 13.4. The van der Waals surface area contributed by atoms with Gasteiger partial charge < -0.3 is 25.1 Å². The summed E-state index contributed by atoms with van der Waals surface area (Å²) in [4.78, 5) is 37.0. The Hall–Kier alpha value is -3.28. The highest BCUT2D eigenvalue weighted by atomic mass is 31.2. The van der Waals surface area contributed by atoms with E-state index in [9.17, 15) is 14.2 Å². The van der Waals surface area contributed by atoms with E-state index >= 15 is 0 Å². The number of ether oxygens (including phenoxy) is 2. The summed E-state index contributed by atoms with van der Waals surface area (Å²) >= 11 is 0. The molecule has 216 valence electrons. The Balaban J connectivity index is 2.16. The van der Waals surface area contributed by atoms with Crippen molar-refractivity contribution in [2.24, 2.45) is 10.8 Å². The van der Waals surface area contributed by atoms with Gasteiger partial charge in [0.05, 0.1) is 23.3 Å². The number of nitrogens with zero attached hydrogens (tertiary/aromatic N) is 4. The van der Waals surface area contributed by atoms with Crippen LogP contribution in [0.4, 0.5) is 11.8 Å². The van der Waals surface area contributed by atoms with Crippen molar-refractivity contribution in [3.8, 4) is 0 Å². The molecule has 0 radical (unpaired) electrons. The molecule has 2 aromatic heterocycles. The first-order valence-electron chi connectivity index (χ1n) is 12.3. The highest BCUT2D eigenvalue weighted by molar-refractivity contribution is 7.54. The standard InChI is InChI=1S/C25H39N6O7P/c1-9-11-27-19-18-20(30-23(26)29-19)31(14-28-18)13-17(2)10-12-39(34,37-15-35-21(32)24(3,4)5)38-16-36-22(33)25(6,7)8/h9-10,14H,1,11-13,15-16H2,2-8H3,(H3,26,27,29,30)/b17-10+. The lowest BCUT2D eigenvalue weighted by Gasteiger charge is -2.21. The van der Waals surface area contributed by atoms with Crippen LogP contribution in [0.25, 0.3) is 11.2 Å². The van der Waals surface area contributed by atoms with Gasteiger partial charge in [0.2, 0.25) is 19.5 Å². The van der Waals surface area contributed by atoms with Crippen LogP contribution in [-0.4, -0.2) is 57.8 Å². The second-order valence-corrected chi connectivity index (χ2v) is 12.9. The summed E-state index contributed by atoms with van der Waals surface area (Å²) in [6.07, 6.45) is 4.77. The molecule has 0 unspecified atom stereocenters. The number of esters is 2. The molecular formula is C25H39N6O7P. The van der Waals surface area contributed by atoms with Crippen molar-refractivity contribution in [1.82, 2.24) is 19.5 Å². The van der Waals surface area contributed by atoms with E-state index in [-0.39, 0.29) is 12.1 Å². The first-order valence-corrected chi connectivity index (χ1v) is 14.0. The number of hydrogen-bond acceptors (Lipinski definition) is 12.